The zero-order valence-electron chi connectivity index (χ0n) is 12.5. The SMILES string of the molecule is Nc1cc2c(cc1C(=O)Nc1ccc(F)c(C(F)(F)F)c1)OC(F)(F)O2. The van der Waals surface area contributed by atoms with Crippen LogP contribution in [-0.4, -0.2) is 12.2 Å². The number of fused-ring (bicyclic) bond motifs is 1. The van der Waals surface area contributed by atoms with Gasteiger partial charge in [0.25, 0.3) is 5.91 Å². The van der Waals surface area contributed by atoms with Crippen molar-refractivity contribution >= 4 is 17.3 Å². The number of anilines is 2. The van der Waals surface area contributed by atoms with Crippen LogP contribution in [0.3, 0.4) is 0 Å². The molecule has 0 spiro atoms. The number of ether oxygens (including phenoxy) is 2. The molecule has 5 nitrogen and oxygen atoms in total. The fraction of sp³-hybridized carbons (Fsp3) is 0.133. The summed E-state index contributed by atoms with van der Waals surface area (Å²) in [5.41, 5.74) is 3.01. The second-order valence-electron chi connectivity index (χ2n) is 5.20. The molecule has 138 valence electrons. The van der Waals surface area contributed by atoms with Crippen molar-refractivity contribution in [1.29, 1.82) is 0 Å². The van der Waals surface area contributed by atoms with Crippen molar-refractivity contribution in [3.63, 3.8) is 0 Å². The first-order valence-corrected chi connectivity index (χ1v) is 6.84. The lowest BCUT2D eigenvalue weighted by Crippen LogP contribution is -2.25. The summed E-state index contributed by atoms with van der Waals surface area (Å²) in [6.07, 6.45) is -8.89. The number of amides is 1. The van der Waals surface area contributed by atoms with Gasteiger partial charge in [0.1, 0.15) is 5.82 Å². The van der Waals surface area contributed by atoms with Crippen LogP contribution in [0.4, 0.5) is 37.7 Å². The highest BCUT2D eigenvalue weighted by Crippen LogP contribution is 2.43. The van der Waals surface area contributed by atoms with Crippen molar-refractivity contribution in [3.8, 4) is 11.5 Å². The van der Waals surface area contributed by atoms with Crippen LogP contribution in [0.5, 0.6) is 11.5 Å². The highest BCUT2D eigenvalue weighted by atomic mass is 19.4. The molecule has 11 heteroatoms. The van der Waals surface area contributed by atoms with Crippen LogP contribution in [0.25, 0.3) is 0 Å². The number of nitrogens with two attached hydrogens (primary N) is 1. The predicted molar refractivity (Wildman–Crippen MR) is 76.4 cm³/mol. The monoisotopic (exact) mass is 378 g/mol. The summed E-state index contributed by atoms with van der Waals surface area (Å²) in [6, 6.07) is 3.60. The molecule has 1 aliphatic rings. The summed E-state index contributed by atoms with van der Waals surface area (Å²) < 4.78 is 85.7. The molecule has 0 aliphatic carbocycles. The average Bonchev–Trinajstić information content (AvgIpc) is 2.80. The van der Waals surface area contributed by atoms with E-state index in [-0.39, 0.29) is 16.9 Å². The number of nitrogens with one attached hydrogen (secondary N) is 1. The molecule has 0 saturated carbocycles. The Hall–Kier alpha value is -3.11. The van der Waals surface area contributed by atoms with E-state index in [1.54, 1.807) is 0 Å². The number of hydrogen-bond donors (Lipinski definition) is 2. The molecular weight excluding hydrogens is 370 g/mol. The number of halogens is 6. The van der Waals surface area contributed by atoms with Gasteiger partial charge in [-0.3, -0.25) is 4.79 Å². The summed E-state index contributed by atoms with van der Waals surface area (Å²) in [6.45, 7) is 0. The summed E-state index contributed by atoms with van der Waals surface area (Å²) >= 11 is 0. The molecule has 3 N–H and O–H groups in total. The molecule has 0 aromatic heterocycles. The van der Waals surface area contributed by atoms with Crippen LogP contribution < -0.4 is 20.5 Å². The molecule has 0 radical (unpaired) electrons. The predicted octanol–water partition coefficient (Wildman–Crippen LogP) is 4.00. The molecule has 0 bridgehead atoms. The minimum Gasteiger partial charge on any atom is -0.398 e. The minimum absolute atomic E-state index is 0.277. The van der Waals surface area contributed by atoms with E-state index in [2.05, 4.69) is 14.8 Å². The van der Waals surface area contributed by atoms with E-state index in [1.807, 2.05) is 0 Å². The molecule has 26 heavy (non-hydrogen) atoms. The first kappa shape index (κ1) is 17.7. The summed E-state index contributed by atoms with van der Waals surface area (Å²) in [4.78, 5) is 12.2. The van der Waals surface area contributed by atoms with Crippen molar-refractivity contribution in [2.45, 2.75) is 12.5 Å². The number of hydrogen-bond acceptors (Lipinski definition) is 4. The molecule has 0 fully saturated rings. The lowest BCUT2D eigenvalue weighted by molar-refractivity contribution is -0.286. The Morgan fingerprint density at radius 1 is 1.08 bits per heavy atom. The Balaban J connectivity index is 1.88. The quantitative estimate of drug-likeness (QED) is 0.612. The van der Waals surface area contributed by atoms with E-state index in [0.29, 0.717) is 12.1 Å². The van der Waals surface area contributed by atoms with Crippen molar-refractivity contribution in [2.24, 2.45) is 0 Å². The van der Waals surface area contributed by atoms with Crippen molar-refractivity contribution in [3.05, 3.63) is 47.3 Å². The third-order valence-electron chi connectivity index (χ3n) is 3.35. The highest BCUT2D eigenvalue weighted by Gasteiger charge is 2.44. The average molecular weight is 378 g/mol. The summed E-state index contributed by atoms with van der Waals surface area (Å²) in [5, 5.41) is 2.08. The van der Waals surface area contributed by atoms with Crippen LogP contribution in [0.2, 0.25) is 0 Å². The van der Waals surface area contributed by atoms with Crippen LogP contribution in [0.15, 0.2) is 30.3 Å². The van der Waals surface area contributed by atoms with Crippen LogP contribution in [0, 0.1) is 5.82 Å². The van der Waals surface area contributed by atoms with Gasteiger partial charge in [-0.15, -0.1) is 8.78 Å². The second kappa shape index (κ2) is 5.71. The third-order valence-corrected chi connectivity index (χ3v) is 3.35. The zero-order chi connectivity index (χ0) is 19.3. The van der Waals surface area contributed by atoms with E-state index in [4.69, 9.17) is 5.73 Å². The standard InChI is InChI=1S/C15H8F6N2O3/c16-9-2-1-6(3-8(9)14(17,18)19)23-13(24)7-4-11-12(5-10(7)22)26-15(20,21)25-11/h1-5H,22H2,(H,23,24). The zero-order valence-corrected chi connectivity index (χ0v) is 12.5. The van der Waals surface area contributed by atoms with E-state index < -0.39 is 41.3 Å². The Kier molecular flexibility index (Phi) is 3.89. The van der Waals surface area contributed by atoms with Crippen molar-refractivity contribution in [2.75, 3.05) is 11.1 Å². The molecule has 1 amide bonds. The van der Waals surface area contributed by atoms with Crippen molar-refractivity contribution < 1.29 is 40.6 Å². The van der Waals surface area contributed by atoms with Crippen LogP contribution in [0.1, 0.15) is 15.9 Å². The Bertz CT molecular complexity index is 898. The molecule has 0 unspecified atom stereocenters. The van der Waals surface area contributed by atoms with Gasteiger partial charge in [0.2, 0.25) is 0 Å². The molecule has 0 saturated heterocycles. The summed E-state index contributed by atoms with van der Waals surface area (Å²) in [7, 11) is 0. The van der Waals surface area contributed by atoms with Crippen LogP contribution in [-0.2, 0) is 6.18 Å². The maximum Gasteiger partial charge on any atom is 0.586 e. The second-order valence-corrected chi connectivity index (χ2v) is 5.20. The molecule has 2 aromatic carbocycles. The van der Waals surface area contributed by atoms with Crippen molar-refractivity contribution in [1.82, 2.24) is 0 Å². The van der Waals surface area contributed by atoms with Gasteiger partial charge in [0.15, 0.2) is 11.5 Å². The van der Waals surface area contributed by atoms with Gasteiger partial charge in [0.05, 0.1) is 11.1 Å². The number of carbonyl (C=O) groups is 1. The van der Waals surface area contributed by atoms with E-state index in [0.717, 1.165) is 18.2 Å². The first-order chi connectivity index (χ1) is 12.0. The first-order valence-electron chi connectivity index (χ1n) is 6.84. The Morgan fingerprint density at radius 3 is 2.31 bits per heavy atom. The minimum atomic E-state index is -4.96. The van der Waals surface area contributed by atoms with Crippen LogP contribution >= 0.6 is 0 Å². The number of rotatable bonds is 2. The maximum absolute atomic E-state index is 13.3. The maximum atomic E-state index is 13.3. The Labute approximate surface area is 141 Å². The smallest absolute Gasteiger partial charge is 0.398 e. The lowest BCUT2D eigenvalue weighted by Gasteiger charge is -2.12. The van der Waals surface area contributed by atoms with Gasteiger partial charge in [-0.2, -0.15) is 13.2 Å². The van der Waals surface area contributed by atoms with Gasteiger partial charge in [-0.25, -0.2) is 4.39 Å². The molecule has 1 heterocycles. The molecule has 3 rings (SSSR count). The normalized spacial score (nSPS) is 15.0. The fourth-order valence-electron chi connectivity index (χ4n) is 2.23. The van der Waals surface area contributed by atoms with Gasteiger partial charge in [0, 0.05) is 17.4 Å². The van der Waals surface area contributed by atoms with Gasteiger partial charge < -0.3 is 20.5 Å². The summed E-state index contributed by atoms with van der Waals surface area (Å²) in [5.74, 6) is -3.39. The fourth-order valence-corrected chi connectivity index (χ4v) is 2.23. The van der Waals surface area contributed by atoms with Gasteiger partial charge >= 0.3 is 12.5 Å². The van der Waals surface area contributed by atoms with E-state index >= 15 is 0 Å². The number of alkyl halides is 5. The molecular formula is C15H8F6N2O3. The van der Waals surface area contributed by atoms with E-state index in [1.165, 1.54) is 0 Å². The number of carbonyl (C=O) groups excluding carboxylic acids is 1. The van der Waals surface area contributed by atoms with Gasteiger partial charge in [-0.1, -0.05) is 0 Å². The largest absolute Gasteiger partial charge is 0.586 e. The lowest BCUT2D eigenvalue weighted by atomic mass is 10.1. The van der Waals surface area contributed by atoms with E-state index in [9.17, 15) is 31.1 Å². The highest BCUT2D eigenvalue weighted by molar-refractivity contribution is 6.08. The molecule has 2 aromatic rings. The topological polar surface area (TPSA) is 73.6 Å². The number of benzene rings is 2. The Morgan fingerprint density at radius 2 is 1.69 bits per heavy atom. The molecule has 1 aliphatic heterocycles. The van der Waals surface area contributed by atoms with Gasteiger partial charge in [-0.05, 0) is 24.3 Å². The number of nitrogen functional groups attached to an aromatic ring is 1. The molecule has 0 atom stereocenters. The third kappa shape index (κ3) is 3.32.